The number of hydrogen-bond acceptors (Lipinski definition) is 5. The minimum Gasteiger partial charge on any atom is -0.299 e. The van der Waals surface area contributed by atoms with E-state index < -0.39 is 15.5 Å². The number of carbonyl (C=O) groups excluding carboxylic acids is 2. The van der Waals surface area contributed by atoms with E-state index in [0.29, 0.717) is 28.8 Å². The summed E-state index contributed by atoms with van der Waals surface area (Å²) in [5.41, 5.74) is 2.44. The zero-order valence-electron chi connectivity index (χ0n) is 15.3. The molecule has 1 aromatic carbocycles. The Morgan fingerprint density at radius 1 is 1.19 bits per heavy atom. The van der Waals surface area contributed by atoms with Gasteiger partial charge >= 0.3 is 0 Å². The first kappa shape index (κ1) is 20.4. The predicted octanol–water partition coefficient (Wildman–Crippen LogP) is 2.88. The van der Waals surface area contributed by atoms with Crippen LogP contribution in [0.3, 0.4) is 0 Å². The average molecular weight is 389 g/mol. The standard InChI is InChI=1S/C19H20FN3O3S/c1-13(2)17-16(6-5-11-24)18(14-7-9-15(20)10-8-14)22-19(21-17)23(3)27(4,26)12-25/h5-13H,4H2,1-3H3. The molecule has 27 heavy (non-hydrogen) atoms. The van der Waals surface area contributed by atoms with Gasteiger partial charge in [-0.1, -0.05) is 13.8 Å². The summed E-state index contributed by atoms with van der Waals surface area (Å²) in [4.78, 5) is 30.8. The van der Waals surface area contributed by atoms with Crippen LogP contribution >= 0.6 is 0 Å². The van der Waals surface area contributed by atoms with Crippen molar-refractivity contribution in [3.63, 3.8) is 0 Å². The Morgan fingerprint density at radius 3 is 2.33 bits per heavy atom. The van der Waals surface area contributed by atoms with Crippen LogP contribution in [-0.2, 0) is 19.3 Å². The molecule has 0 spiro atoms. The molecule has 0 saturated carbocycles. The molecule has 0 fully saturated rings. The van der Waals surface area contributed by atoms with E-state index in [1.165, 1.54) is 25.3 Å². The lowest BCUT2D eigenvalue weighted by atomic mass is 9.98. The lowest BCUT2D eigenvalue weighted by Gasteiger charge is -2.21. The fourth-order valence-electron chi connectivity index (χ4n) is 2.39. The number of aromatic nitrogens is 2. The van der Waals surface area contributed by atoms with Crippen LogP contribution in [0.5, 0.6) is 0 Å². The second kappa shape index (κ2) is 8.22. The third-order valence-electron chi connectivity index (χ3n) is 3.86. The highest BCUT2D eigenvalue weighted by Crippen LogP contribution is 2.31. The topological polar surface area (TPSA) is 80.2 Å². The zero-order chi connectivity index (χ0) is 20.2. The van der Waals surface area contributed by atoms with Crippen molar-refractivity contribution in [1.29, 1.82) is 0 Å². The molecule has 0 bridgehead atoms. The lowest BCUT2D eigenvalue weighted by molar-refractivity contribution is -0.104. The molecule has 6 nitrogen and oxygen atoms in total. The monoisotopic (exact) mass is 389 g/mol. The Morgan fingerprint density at radius 2 is 1.81 bits per heavy atom. The fourth-order valence-corrected chi connectivity index (χ4v) is 2.87. The molecule has 2 rings (SSSR count). The molecule has 0 aliphatic rings. The number of benzene rings is 1. The van der Waals surface area contributed by atoms with Crippen molar-refractivity contribution in [2.45, 2.75) is 19.8 Å². The van der Waals surface area contributed by atoms with E-state index in [2.05, 4.69) is 15.8 Å². The van der Waals surface area contributed by atoms with Crippen LogP contribution in [0.1, 0.15) is 31.0 Å². The van der Waals surface area contributed by atoms with Crippen molar-refractivity contribution >= 4 is 39.5 Å². The van der Waals surface area contributed by atoms with Crippen LogP contribution in [0.15, 0.2) is 30.3 Å². The number of hydrogen-bond donors (Lipinski definition) is 0. The van der Waals surface area contributed by atoms with Crippen LogP contribution in [-0.4, -0.2) is 39.0 Å². The molecule has 0 radical (unpaired) electrons. The van der Waals surface area contributed by atoms with E-state index in [0.717, 1.165) is 4.31 Å². The molecule has 0 saturated heterocycles. The first-order valence-corrected chi connectivity index (χ1v) is 9.82. The summed E-state index contributed by atoms with van der Waals surface area (Å²) >= 11 is 0. The molecule has 0 N–H and O–H groups in total. The van der Waals surface area contributed by atoms with Gasteiger partial charge in [-0.05, 0) is 48.2 Å². The van der Waals surface area contributed by atoms with Crippen molar-refractivity contribution in [3.8, 4) is 11.3 Å². The summed E-state index contributed by atoms with van der Waals surface area (Å²) in [6.45, 7) is 3.81. The second-order valence-electron chi connectivity index (χ2n) is 6.11. The van der Waals surface area contributed by atoms with Crippen molar-refractivity contribution in [2.75, 3.05) is 11.4 Å². The quantitative estimate of drug-likeness (QED) is 0.413. The van der Waals surface area contributed by atoms with E-state index in [4.69, 9.17) is 0 Å². The summed E-state index contributed by atoms with van der Waals surface area (Å²) in [7, 11) is -1.82. The number of carbonyl (C=O) groups is 2. The molecular formula is C19H20FN3O3S. The van der Waals surface area contributed by atoms with Gasteiger partial charge in [-0.2, -0.15) is 0 Å². The second-order valence-corrected chi connectivity index (χ2v) is 8.23. The predicted molar refractivity (Wildman–Crippen MR) is 107 cm³/mol. The number of allylic oxidation sites excluding steroid dienone is 1. The molecule has 0 amide bonds. The highest BCUT2D eigenvalue weighted by atomic mass is 32.2. The van der Waals surface area contributed by atoms with Gasteiger partial charge in [-0.3, -0.25) is 13.9 Å². The Labute approximate surface area is 157 Å². The lowest BCUT2D eigenvalue weighted by Crippen LogP contribution is -2.29. The molecule has 1 aromatic heterocycles. The Balaban J connectivity index is 2.84. The number of anilines is 1. The Kier molecular flexibility index (Phi) is 6.22. The van der Waals surface area contributed by atoms with Crippen molar-refractivity contribution < 1.29 is 18.2 Å². The molecule has 1 unspecified atom stereocenters. The van der Waals surface area contributed by atoms with Crippen molar-refractivity contribution in [2.24, 2.45) is 0 Å². The number of nitrogens with zero attached hydrogens (tertiary/aromatic N) is 3. The van der Waals surface area contributed by atoms with Crippen LogP contribution in [0.2, 0.25) is 0 Å². The third-order valence-corrected chi connectivity index (χ3v) is 5.26. The van der Waals surface area contributed by atoms with Gasteiger partial charge < -0.3 is 0 Å². The van der Waals surface area contributed by atoms with Crippen molar-refractivity contribution in [1.82, 2.24) is 9.97 Å². The van der Waals surface area contributed by atoms with E-state index in [1.807, 2.05) is 13.8 Å². The summed E-state index contributed by atoms with van der Waals surface area (Å²) in [6.07, 6.45) is 3.52. The molecule has 1 atom stereocenters. The van der Waals surface area contributed by atoms with Crippen molar-refractivity contribution in [3.05, 3.63) is 47.4 Å². The normalized spacial score (nSPS) is 13.5. The third kappa shape index (κ3) is 4.46. The summed E-state index contributed by atoms with van der Waals surface area (Å²) < 4.78 is 26.8. The van der Waals surface area contributed by atoms with E-state index in [1.54, 1.807) is 18.2 Å². The Bertz CT molecular complexity index is 984. The molecule has 8 heteroatoms. The number of rotatable bonds is 7. The van der Waals surface area contributed by atoms with Crippen LogP contribution in [0.25, 0.3) is 17.3 Å². The van der Waals surface area contributed by atoms with Crippen LogP contribution in [0.4, 0.5) is 10.3 Å². The summed E-state index contributed by atoms with van der Waals surface area (Å²) in [5, 5.41) is 0. The van der Waals surface area contributed by atoms with Gasteiger partial charge in [0.05, 0.1) is 11.4 Å². The van der Waals surface area contributed by atoms with E-state index in [9.17, 15) is 18.2 Å². The largest absolute Gasteiger partial charge is 0.299 e. The SMILES string of the molecule is C=S(=O)(C=O)N(C)c1nc(-c2ccc(F)cc2)c(C=CC=O)c(C(C)C)n1. The molecule has 1 heterocycles. The maximum Gasteiger partial charge on any atom is 0.237 e. The number of aldehydes is 1. The Hall–Kier alpha value is -2.87. The summed E-state index contributed by atoms with van der Waals surface area (Å²) in [6, 6.07) is 5.67. The maximum atomic E-state index is 13.3. The van der Waals surface area contributed by atoms with E-state index >= 15 is 0 Å². The minimum absolute atomic E-state index is 0.0494. The van der Waals surface area contributed by atoms with Gasteiger partial charge in [-0.25, -0.2) is 18.6 Å². The van der Waals surface area contributed by atoms with Gasteiger partial charge in [0.25, 0.3) is 0 Å². The first-order chi connectivity index (χ1) is 12.7. The van der Waals surface area contributed by atoms with Crippen LogP contribution < -0.4 is 4.31 Å². The molecule has 0 aliphatic heterocycles. The molecular weight excluding hydrogens is 369 g/mol. The van der Waals surface area contributed by atoms with Gasteiger partial charge in [0, 0.05) is 18.2 Å². The fraction of sp³-hybridized carbons (Fsp3) is 0.211. The molecule has 2 aromatic rings. The van der Waals surface area contributed by atoms with Crippen LogP contribution in [0, 0.1) is 5.82 Å². The first-order valence-electron chi connectivity index (χ1n) is 8.07. The number of halogens is 1. The zero-order valence-corrected chi connectivity index (χ0v) is 16.1. The van der Waals surface area contributed by atoms with Gasteiger partial charge in [0.1, 0.15) is 21.8 Å². The van der Waals surface area contributed by atoms with Gasteiger partial charge in [0.15, 0.2) is 0 Å². The van der Waals surface area contributed by atoms with Gasteiger partial charge in [-0.15, -0.1) is 0 Å². The molecule has 142 valence electrons. The average Bonchev–Trinajstić information content (AvgIpc) is 2.65. The minimum atomic E-state index is -3.24. The van der Waals surface area contributed by atoms with Gasteiger partial charge in [0.2, 0.25) is 11.6 Å². The summed E-state index contributed by atoms with van der Waals surface area (Å²) in [5.74, 6) is 3.00. The van der Waals surface area contributed by atoms with E-state index in [-0.39, 0.29) is 17.5 Å². The maximum absolute atomic E-state index is 13.3. The highest BCUT2D eigenvalue weighted by molar-refractivity contribution is 8.13. The highest BCUT2D eigenvalue weighted by Gasteiger charge is 2.21. The molecule has 0 aliphatic carbocycles. The smallest absolute Gasteiger partial charge is 0.237 e.